The Balaban J connectivity index is 2.71. The molecule has 0 saturated carbocycles. The standard InChI is InChI=1S/C11H13Br/c1-2-3-9-11(12)10-7-5-4-6-8-10/h4-9H,2-3H2,1H3. The normalized spacial score (nSPS) is 11.7. The van der Waals surface area contributed by atoms with Gasteiger partial charge in [-0.15, -0.1) is 0 Å². The molecule has 0 saturated heterocycles. The van der Waals surface area contributed by atoms with Gasteiger partial charge in [0.15, 0.2) is 0 Å². The van der Waals surface area contributed by atoms with Crippen LogP contribution in [0.3, 0.4) is 0 Å². The van der Waals surface area contributed by atoms with Crippen LogP contribution in [0.25, 0.3) is 4.48 Å². The molecule has 64 valence electrons. The van der Waals surface area contributed by atoms with E-state index in [4.69, 9.17) is 0 Å². The SMILES string of the molecule is CCCC=C(Br)c1ccccc1. The van der Waals surface area contributed by atoms with E-state index in [9.17, 15) is 0 Å². The predicted molar refractivity (Wildman–Crippen MR) is 58.3 cm³/mol. The van der Waals surface area contributed by atoms with Gasteiger partial charge in [-0.25, -0.2) is 0 Å². The van der Waals surface area contributed by atoms with E-state index in [0.29, 0.717) is 0 Å². The van der Waals surface area contributed by atoms with Crippen molar-refractivity contribution >= 4 is 20.4 Å². The molecule has 0 atom stereocenters. The molecule has 0 aliphatic carbocycles. The van der Waals surface area contributed by atoms with Gasteiger partial charge in [0, 0.05) is 4.48 Å². The molecule has 0 N–H and O–H groups in total. The predicted octanol–water partition coefficient (Wildman–Crippen LogP) is 4.22. The Morgan fingerprint density at radius 2 is 2.00 bits per heavy atom. The number of hydrogen-bond donors (Lipinski definition) is 0. The molecule has 1 aromatic rings. The van der Waals surface area contributed by atoms with E-state index in [2.05, 4.69) is 53.2 Å². The Kier molecular flexibility index (Phi) is 4.09. The summed E-state index contributed by atoms with van der Waals surface area (Å²) in [4.78, 5) is 0. The topological polar surface area (TPSA) is 0 Å². The lowest BCUT2D eigenvalue weighted by molar-refractivity contribution is 0.962. The first kappa shape index (κ1) is 9.53. The molecule has 0 amide bonds. The average Bonchev–Trinajstić information content (AvgIpc) is 2.15. The molecule has 1 heteroatoms. The van der Waals surface area contributed by atoms with Crippen LogP contribution in [0, 0.1) is 0 Å². The lowest BCUT2D eigenvalue weighted by Crippen LogP contribution is -1.74. The van der Waals surface area contributed by atoms with Crippen molar-refractivity contribution in [3.05, 3.63) is 42.0 Å². The summed E-state index contributed by atoms with van der Waals surface area (Å²) < 4.78 is 1.20. The second kappa shape index (κ2) is 5.15. The molecule has 0 heterocycles. The van der Waals surface area contributed by atoms with E-state index in [-0.39, 0.29) is 0 Å². The van der Waals surface area contributed by atoms with Gasteiger partial charge in [0.25, 0.3) is 0 Å². The first-order valence-corrected chi connectivity index (χ1v) is 5.05. The van der Waals surface area contributed by atoms with Crippen molar-refractivity contribution in [2.45, 2.75) is 19.8 Å². The number of benzene rings is 1. The van der Waals surface area contributed by atoms with Crippen molar-refractivity contribution in [3.63, 3.8) is 0 Å². The molecule has 0 aliphatic heterocycles. The number of unbranched alkanes of at least 4 members (excludes halogenated alkanes) is 1. The lowest BCUT2D eigenvalue weighted by Gasteiger charge is -1.97. The van der Waals surface area contributed by atoms with Crippen LogP contribution in [0.5, 0.6) is 0 Å². The molecule has 12 heavy (non-hydrogen) atoms. The van der Waals surface area contributed by atoms with Gasteiger partial charge in [-0.3, -0.25) is 0 Å². The first-order chi connectivity index (χ1) is 5.84. The second-order valence-electron chi connectivity index (χ2n) is 2.71. The third kappa shape index (κ3) is 2.82. The van der Waals surface area contributed by atoms with Crippen LogP contribution in [-0.2, 0) is 0 Å². The maximum absolute atomic E-state index is 3.55. The Bertz CT molecular complexity index is 249. The van der Waals surface area contributed by atoms with Gasteiger partial charge in [0.2, 0.25) is 0 Å². The summed E-state index contributed by atoms with van der Waals surface area (Å²) in [6.45, 7) is 2.18. The molecule has 1 rings (SSSR count). The third-order valence-corrected chi connectivity index (χ3v) is 2.44. The number of halogens is 1. The van der Waals surface area contributed by atoms with Gasteiger partial charge in [-0.05, 0) is 12.0 Å². The van der Waals surface area contributed by atoms with E-state index in [1.165, 1.54) is 16.5 Å². The zero-order chi connectivity index (χ0) is 8.81. The monoisotopic (exact) mass is 224 g/mol. The van der Waals surface area contributed by atoms with Crippen molar-refractivity contribution in [1.29, 1.82) is 0 Å². The van der Waals surface area contributed by atoms with Crippen LogP contribution in [0.4, 0.5) is 0 Å². The highest BCUT2D eigenvalue weighted by Gasteiger charge is 1.93. The molecule has 0 unspecified atom stereocenters. The molecule has 0 nitrogen and oxygen atoms in total. The Labute approximate surface area is 82.4 Å². The highest BCUT2D eigenvalue weighted by molar-refractivity contribution is 9.15. The Morgan fingerprint density at radius 1 is 1.33 bits per heavy atom. The quantitative estimate of drug-likeness (QED) is 0.722. The number of rotatable bonds is 3. The minimum Gasteiger partial charge on any atom is -0.0697 e. The van der Waals surface area contributed by atoms with Gasteiger partial charge in [0.05, 0.1) is 0 Å². The molecule has 0 spiro atoms. The van der Waals surface area contributed by atoms with Crippen LogP contribution < -0.4 is 0 Å². The summed E-state index contributed by atoms with van der Waals surface area (Å²) in [5.41, 5.74) is 1.26. The highest BCUT2D eigenvalue weighted by Crippen LogP contribution is 2.21. The fourth-order valence-corrected chi connectivity index (χ4v) is 1.48. The number of hydrogen-bond acceptors (Lipinski definition) is 0. The first-order valence-electron chi connectivity index (χ1n) is 4.25. The smallest absolute Gasteiger partial charge is 0.0207 e. The van der Waals surface area contributed by atoms with Crippen LogP contribution in [-0.4, -0.2) is 0 Å². The molecular weight excluding hydrogens is 212 g/mol. The summed E-state index contributed by atoms with van der Waals surface area (Å²) in [6.07, 6.45) is 4.55. The van der Waals surface area contributed by atoms with Crippen LogP contribution in [0.1, 0.15) is 25.3 Å². The molecule has 0 aliphatic rings. The average molecular weight is 225 g/mol. The summed E-state index contributed by atoms with van der Waals surface area (Å²) in [5.74, 6) is 0. The third-order valence-electron chi connectivity index (χ3n) is 1.66. The van der Waals surface area contributed by atoms with E-state index in [0.717, 1.165) is 6.42 Å². The lowest BCUT2D eigenvalue weighted by atomic mass is 10.2. The van der Waals surface area contributed by atoms with Gasteiger partial charge in [0.1, 0.15) is 0 Å². The zero-order valence-electron chi connectivity index (χ0n) is 7.26. The van der Waals surface area contributed by atoms with E-state index < -0.39 is 0 Å². The van der Waals surface area contributed by atoms with Crippen molar-refractivity contribution in [1.82, 2.24) is 0 Å². The molecule has 0 fully saturated rings. The summed E-state index contributed by atoms with van der Waals surface area (Å²) in [5, 5.41) is 0. The van der Waals surface area contributed by atoms with E-state index in [1.54, 1.807) is 0 Å². The Hall–Kier alpha value is -0.560. The van der Waals surface area contributed by atoms with Crippen molar-refractivity contribution < 1.29 is 0 Å². The fourth-order valence-electron chi connectivity index (χ4n) is 0.986. The molecular formula is C11H13Br. The fraction of sp³-hybridized carbons (Fsp3) is 0.273. The van der Waals surface area contributed by atoms with E-state index in [1.807, 2.05) is 6.07 Å². The van der Waals surface area contributed by atoms with Crippen molar-refractivity contribution in [2.24, 2.45) is 0 Å². The maximum Gasteiger partial charge on any atom is 0.0207 e. The second-order valence-corrected chi connectivity index (χ2v) is 3.56. The van der Waals surface area contributed by atoms with Crippen LogP contribution >= 0.6 is 15.9 Å². The van der Waals surface area contributed by atoms with Gasteiger partial charge >= 0.3 is 0 Å². The van der Waals surface area contributed by atoms with Crippen molar-refractivity contribution in [2.75, 3.05) is 0 Å². The maximum atomic E-state index is 3.55. The zero-order valence-corrected chi connectivity index (χ0v) is 8.84. The molecule has 0 aromatic heterocycles. The minimum absolute atomic E-state index is 1.13. The summed E-state index contributed by atoms with van der Waals surface area (Å²) >= 11 is 3.55. The van der Waals surface area contributed by atoms with Gasteiger partial charge in [-0.2, -0.15) is 0 Å². The number of allylic oxidation sites excluding steroid dienone is 1. The van der Waals surface area contributed by atoms with Gasteiger partial charge in [-0.1, -0.05) is 65.7 Å². The van der Waals surface area contributed by atoms with Crippen molar-refractivity contribution in [3.8, 4) is 0 Å². The Morgan fingerprint density at radius 3 is 2.58 bits per heavy atom. The van der Waals surface area contributed by atoms with Gasteiger partial charge < -0.3 is 0 Å². The largest absolute Gasteiger partial charge is 0.0697 e. The molecule has 0 radical (unpaired) electrons. The molecule has 1 aromatic carbocycles. The van der Waals surface area contributed by atoms with Crippen LogP contribution in [0.15, 0.2) is 36.4 Å². The molecule has 0 bridgehead atoms. The van der Waals surface area contributed by atoms with E-state index >= 15 is 0 Å². The highest BCUT2D eigenvalue weighted by atomic mass is 79.9. The summed E-state index contributed by atoms with van der Waals surface area (Å²) in [7, 11) is 0. The van der Waals surface area contributed by atoms with Crippen LogP contribution in [0.2, 0.25) is 0 Å². The summed E-state index contributed by atoms with van der Waals surface area (Å²) in [6, 6.07) is 10.4. The minimum atomic E-state index is 1.13.